The third-order valence-electron chi connectivity index (χ3n) is 5.39. The molecule has 2 aliphatic carbocycles. The number of piperidine rings is 1. The van der Waals surface area contributed by atoms with E-state index in [1.54, 1.807) is 0 Å². The van der Waals surface area contributed by atoms with Gasteiger partial charge in [-0.25, -0.2) is 0 Å². The van der Waals surface area contributed by atoms with Gasteiger partial charge in [0.25, 0.3) is 0 Å². The molecule has 0 aromatic carbocycles. The van der Waals surface area contributed by atoms with E-state index in [2.05, 4.69) is 17.1 Å². The number of fused-ring (bicyclic) bond motifs is 1. The highest BCUT2D eigenvalue weighted by Crippen LogP contribution is 2.36. The Morgan fingerprint density at radius 1 is 1.11 bits per heavy atom. The van der Waals surface area contributed by atoms with Crippen molar-refractivity contribution in [2.24, 2.45) is 5.92 Å². The molecular formula is C16H30N2O. The van der Waals surface area contributed by atoms with Crippen LogP contribution in [-0.2, 0) is 0 Å². The first-order valence-electron chi connectivity index (χ1n) is 8.33. The van der Waals surface area contributed by atoms with Gasteiger partial charge in [-0.05, 0) is 57.9 Å². The summed E-state index contributed by atoms with van der Waals surface area (Å²) in [5.74, 6) is 0.936. The van der Waals surface area contributed by atoms with E-state index in [1.165, 1.54) is 57.9 Å². The monoisotopic (exact) mass is 266 g/mol. The Hall–Kier alpha value is -0.120. The summed E-state index contributed by atoms with van der Waals surface area (Å²) in [5, 5.41) is 13.5. The topological polar surface area (TPSA) is 35.5 Å². The molecule has 0 bridgehead atoms. The molecule has 3 heteroatoms. The van der Waals surface area contributed by atoms with E-state index in [-0.39, 0.29) is 12.1 Å². The first-order chi connectivity index (χ1) is 9.20. The summed E-state index contributed by atoms with van der Waals surface area (Å²) in [6.07, 6.45) is 11.0. The van der Waals surface area contributed by atoms with Gasteiger partial charge >= 0.3 is 0 Å². The van der Waals surface area contributed by atoms with Crippen LogP contribution in [0.15, 0.2) is 0 Å². The predicted octanol–water partition coefficient (Wildman–Crippen LogP) is 2.14. The van der Waals surface area contributed by atoms with Gasteiger partial charge in [0.05, 0.1) is 12.1 Å². The van der Waals surface area contributed by atoms with Gasteiger partial charge in [0.2, 0.25) is 0 Å². The predicted molar refractivity (Wildman–Crippen MR) is 78.2 cm³/mol. The normalized spacial score (nSPS) is 35.7. The van der Waals surface area contributed by atoms with Crippen LogP contribution in [0.5, 0.6) is 0 Å². The molecule has 3 atom stereocenters. The van der Waals surface area contributed by atoms with Gasteiger partial charge in [0.15, 0.2) is 0 Å². The highest BCUT2D eigenvalue weighted by molar-refractivity contribution is 4.97. The molecule has 19 heavy (non-hydrogen) atoms. The molecule has 3 nitrogen and oxygen atoms in total. The van der Waals surface area contributed by atoms with Gasteiger partial charge in [-0.15, -0.1) is 0 Å². The number of hydrogen-bond donors (Lipinski definition) is 2. The third kappa shape index (κ3) is 3.32. The average Bonchev–Trinajstić information content (AvgIpc) is 3.23. The summed E-state index contributed by atoms with van der Waals surface area (Å²) in [6, 6.07) is 1.47. The van der Waals surface area contributed by atoms with Crippen LogP contribution < -0.4 is 5.32 Å². The molecule has 2 saturated carbocycles. The van der Waals surface area contributed by atoms with Crippen molar-refractivity contribution >= 4 is 0 Å². The lowest BCUT2D eigenvalue weighted by atomic mass is 9.78. The summed E-state index contributed by atoms with van der Waals surface area (Å²) in [5.41, 5.74) is -0.0967. The lowest BCUT2D eigenvalue weighted by molar-refractivity contribution is 0.0246. The molecule has 1 heterocycles. The van der Waals surface area contributed by atoms with E-state index >= 15 is 0 Å². The zero-order valence-corrected chi connectivity index (χ0v) is 12.4. The van der Waals surface area contributed by atoms with Crippen molar-refractivity contribution in [1.29, 1.82) is 0 Å². The Morgan fingerprint density at radius 3 is 2.58 bits per heavy atom. The second-order valence-electron chi connectivity index (χ2n) is 7.36. The van der Waals surface area contributed by atoms with Crippen molar-refractivity contribution in [2.75, 3.05) is 19.7 Å². The Bertz CT molecular complexity index is 303. The molecule has 3 aliphatic rings. The molecule has 1 saturated heterocycles. The van der Waals surface area contributed by atoms with Gasteiger partial charge in [-0.2, -0.15) is 0 Å². The Balaban J connectivity index is 1.62. The number of nitrogens with one attached hydrogen (secondary N) is 1. The van der Waals surface area contributed by atoms with Crippen molar-refractivity contribution in [3.63, 3.8) is 0 Å². The number of aliphatic hydroxyl groups is 1. The van der Waals surface area contributed by atoms with E-state index in [4.69, 9.17) is 0 Å². The van der Waals surface area contributed by atoms with Crippen molar-refractivity contribution in [3.05, 3.63) is 0 Å². The van der Waals surface area contributed by atoms with Crippen LogP contribution in [0.25, 0.3) is 0 Å². The van der Waals surface area contributed by atoms with E-state index in [0.29, 0.717) is 6.04 Å². The molecule has 0 amide bonds. The smallest absolute Gasteiger partial charge is 0.0623 e. The van der Waals surface area contributed by atoms with E-state index in [9.17, 15) is 5.11 Å². The number of aliphatic hydroxyl groups excluding tert-OH is 1. The largest absolute Gasteiger partial charge is 0.394 e. The van der Waals surface area contributed by atoms with Crippen LogP contribution in [0.1, 0.15) is 58.3 Å². The molecule has 1 unspecified atom stereocenters. The van der Waals surface area contributed by atoms with Crippen LogP contribution in [0, 0.1) is 5.92 Å². The van der Waals surface area contributed by atoms with Crippen LogP contribution in [-0.4, -0.2) is 47.3 Å². The van der Waals surface area contributed by atoms with Crippen molar-refractivity contribution in [3.8, 4) is 0 Å². The number of hydrogen-bond acceptors (Lipinski definition) is 3. The minimum absolute atomic E-state index is 0.0967. The highest BCUT2D eigenvalue weighted by atomic mass is 16.3. The summed E-state index contributed by atoms with van der Waals surface area (Å²) in [6.45, 7) is 4.74. The van der Waals surface area contributed by atoms with Gasteiger partial charge in [-0.1, -0.05) is 12.8 Å². The number of rotatable bonds is 5. The summed E-state index contributed by atoms with van der Waals surface area (Å²) in [4.78, 5) is 2.69. The Labute approximate surface area is 117 Å². The molecule has 0 spiro atoms. The minimum Gasteiger partial charge on any atom is -0.394 e. The first kappa shape index (κ1) is 13.8. The molecule has 3 fully saturated rings. The first-order valence-corrected chi connectivity index (χ1v) is 8.33. The zero-order chi connectivity index (χ0) is 13.3. The maximum Gasteiger partial charge on any atom is 0.0623 e. The van der Waals surface area contributed by atoms with Crippen molar-refractivity contribution in [1.82, 2.24) is 10.2 Å². The standard InChI is InChI=1S/C16H30N2O/c1-16(12-19,17-14-8-9-14)11-18-10-4-6-13-5-2-3-7-15(13)18/h13-15,17,19H,2-12H2,1H3/t13-,15-,16?/m1/s1. The molecule has 110 valence electrons. The molecule has 0 aromatic heterocycles. The van der Waals surface area contributed by atoms with Crippen LogP contribution >= 0.6 is 0 Å². The van der Waals surface area contributed by atoms with Crippen LogP contribution in [0.4, 0.5) is 0 Å². The number of likely N-dealkylation sites (tertiary alicyclic amines) is 1. The Kier molecular flexibility index (Phi) is 4.16. The summed E-state index contributed by atoms with van der Waals surface area (Å²) >= 11 is 0. The van der Waals surface area contributed by atoms with Gasteiger partial charge < -0.3 is 10.4 Å². The fourth-order valence-electron chi connectivity index (χ4n) is 4.23. The van der Waals surface area contributed by atoms with E-state index in [1.807, 2.05) is 0 Å². The third-order valence-corrected chi connectivity index (χ3v) is 5.39. The van der Waals surface area contributed by atoms with Crippen LogP contribution in [0.3, 0.4) is 0 Å². The Morgan fingerprint density at radius 2 is 1.84 bits per heavy atom. The minimum atomic E-state index is -0.0967. The van der Waals surface area contributed by atoms with Crippen LogP contribution in [0.2, 0.25) is 0 Å². The van der Waals surface area contributed by atoms with Gasteiger partial charge in [0, 0.05) is 18.6 Å². The van der Waals surface area contributed by atoms with Crippen molar-refractivity contribution in [2.45, 2.75) is 75.9 Å². The quantitative estimate of drug-likeness (QED) is 0.800. The molecule has 0 radical (unpaired) electrons. The maximum atomic E-state index is 9.80. The fraction of sp³-hybridized carbons (Fsp3) is 1.00. The SMILES string of the molecule is CC(CO)(CN1CCC[C@H]2CCCC[C@H]21)NC1CC1. The second kappa shape index (κ2) is 5.71. The lowest BCUT2D eigenvalue weighted by Crippen LogP contribution is -2.59. The molecule has 0 aromatic rings. The van der Waals surface area contributed by atoms with Crippen molar-refractivity contribution < 1.29 is 5.11 Å². The average molecular weight is 266 g/mol. The van der Waals surface area contributed by atoms with Gasteiger partial charge in [-0.3, -0.25) is 4.90 Å². The second-order valence-corrected chi connectivity index (χ2v) is 7.36. The molecular weight excluding hydrogens is 236 g/mol. The maximum absolute atomic E-state index is 9.80. The fourth-order valence-corrected chi connectivity index (χ4v) is 4.23. The lowest BCUT2D eigenvalue weighted by Gasteiger charge is -2.47. The summed E-state index contributed by atoms with van der Waals surface area (Å²) in [7, 11) is 0. The molecule has 3 rings (SSSR count). The summed E-state index contributed by atoms with van der Waals surface area (Å²) < 4.78 is 0. The highest BCUT2D eigenvalue weighted by Gasteiger charge is 2.38. The molecule has 2 N–H and O–H groups in total. The van der Waals surface area contributed by atoms with E-state index in [0.717, 1.165) is 18.5 Å². The number of nitrogens with zero attached hydrogens (tertiary/aromatic N) is 1. The van der Waals surface area contributed by atoms with E-state index < -0.39 is 0 Å². The zero-order valence-electron chi connectivity index (χ0n) is 12.4. The molecule has 1 aliphatic heterocycles. The van der Waals surface area contributed by atoms with Gasteiger partial charge in [0.1, 0.15) is 0 Å².